The molecule has 4 aromatic rings. The Morgan fingerprint density at radius 2 is 0.986 bits per heavy atom. The van der Waals surface area contributed by atoms with Crippen molar-refractivity contribution in [3.05, 3.63) is 77.1 Å². The van der Waals surface area contributed by atoms with Crippen molar-refractivity contribution in [1.82, 2.24) is 9.97 Å². The molecule has 0 radical (unpaired) electrons. The number of benzene rings is 2. The van der Waals surface area contributed by atoms with Gasteiger partial charge in [-0.1, -0.05) is 25.3 Å². The maximum atomic E-state index is 12.9. The number of hydrogen-bond acceptors (Lipinski definition) is 26. The Kier molecular flexibility index (Phi) is 19.3. The van der Waals surface area contributed by atoms with Crippen molar-refractivity contribution in [1.29, 1.82) is 5.26 Å². The van der Waals surface area contributed by atoms with E-state index >= 15 is 0 Å². The molecule has 36 heteroatoms. The second kappa shape index (κ2) is 23.9. The van der Waals surface area contributed by atoms with Crippen LogP contribution in [-0.2, 0) is 69.1 Å². The van der Waals surface area contributed by atoms with Crippen LogP contribution in [0.2, 0.25) is 0 Å². The summed E-state index contributed by atoms with van der Waals surface area (Å²) in [5.74, 6) is -1.52. The Morgan fingerprint density at radius 3 is 1.38 bits per heavy atom. The molecule has 0 amide bonds. The van der Waals surface area contributed by atoms with Gasteiger partial charge < -0.3 is 27.0 Å². The number of hydrogen-bond donors (Lipinski definition) is 9. The van der Waals surface area contributed by atoms with Gasteiger partial charge >= 0.3 is 20.8 Å². The number of pyridine rings is 2. The largest absolute Gasteiger partial charge is 0.397 e. The number of rotatable bonds is 27. The molecule has 0 bridgehead atoms. The molecule has 0 fully saturated rings. The fraction of sp³-hybridized carbons (Fsp3) is 0.270. The molecule has 0 atom stereocenters. The van der Waals surface area contributed by atoms with E-state index in [1.807, 2.05) is 6.07 Å². The molecule has 0 unspecified atom stereocenters. The van der Waals surface area contributed by atoms with Crippen LogP contribution in [-0.4, -0.2) is 130 Å². The average Bonchev–Trinajstić information content (AvgIpc) is 3.29. The van der Waals surface area contributed by atoms with Crippen LogP contribution in [0.1, 0.15) is 16.7 Å². The Labute approximate surface area is 418 Å². The van der Waals surface area contributed by atoms with E-state index < -0.39 is 106 Å². The molecule has 0 saturated carbocycles. The van der Waals surface area contributed by atoms with Crippen molar-refractivity contribution in [2.24, 2.45) is 20.5 Å². The molecule has 0 aliphatic heterocycles. The van der Waals surface area contributed by atoms with Crippen LogP contribution in [0.3, 0.4) is 0 Å². The molecule has 0 aliphatic carbocycles. The minimum absolute atomic E-state index is 0.0487. The van der Waals surface area contributed by atoms with E-state index in [2.05, 4.69) is 73.2 Å². The van der Waals surface area contributed by atoms with Crippen molar-refractivity contribution >= 4 is 112 Å². The third kappa shape index (κ3) is 17.2. The number of nitrogens with two attached hydrogens (primary N) is 1. The van der Waals surface area contributed by atoms with Crippen LogP contribution >= 0.6 is 0 Å². The average molecular weight is 1140 g/mol. The van der Waals surface area contributed by atoms with Crippen molar-refractivity contribution in [3.8, 4) is 17.2 Å². The molecule has 30 nitrogen and oxygen atoms in total. The number of nitrogen functional groups attached to an aromatic ring is 1. The molecule has 2 aromatic carbocycles. The maximum Gasteiger partial charge on any atom is 0.397 e. The highest BCUT2D eigenvalue weighted by molar-refractivity contribution is 7.94. The monoisotopic (exact) mass is 1140 g/mol. The summed E-state index contributed by atoms with van der Waals surface area (Å²) in [6.07, 6.45) is 0. The van der Waals surface area contributed by atoms with E-state index in [1.54, 1.807) is 0 Å². The number of azo groups is 2. The Morgan fingerprint density at radius 1 is 0.603 bits per heavy atom. The van der Waals surface area contributed by atoms with Crippen molar-refractivity contribution in [3.63, 3.8) is 0 Å². The Bertz CT molecular complexity index is 3610. The zero-order valence-corrected chi connectivity index (χ0v) is 42.8. The predicted molar refractivity (Wildman–Crippen MR) is 264 cm³/mol. The molecule has 0 aliphatic rings. The Hall–Kier alpha value is -6.63. The van der Waals surface area contributed by atoms with Gasteiger partial charge in [0, 0.05) is 59.2 Å². The first kappa shape index (κ1) is 58.9. The number of nitrogens with one attached hydrogen (secondary N) is 4. The first-order valence-corrected chi connectivity index (χ1v) is 29.0. The molecular weight excluding hydrogens is 1090 g/mol. The van der Waals surface area contributed by atoms with Crippen LogP contribution in [0.4, 0.5) is 51.7 Å². The number of nitriles is 1. The molecule has 10 N–H and O–H groups in total. The van der Waals surface area contributed by atoms with Gasteiger partial charge in [-0.3, -0.25) is 18.2 Å². The third-order valence-corrected chi connectivity index (χ3v) is 14.7. The van der Waals surface area contributed by atoms with Gasteiger partial charge in [-0.05, 0) is 38.1 Å². The van der Waals surface area contributed by atoms with E-state index in [-0.39, 0.29) is 94.6 Å². The van der Waals surface area contributed by atoms with Crippen molar-refractivity contribution < 1.29 is 77.1 Å². The number of nitrogens with zero attached hydrogens (tertiary/aromatic N) is 7. The molecule has 0 saturated heterocycles. The first-order valence-electron chi connectivity index (χ1n) is 20.0. The molecule has 4 rings (SSSR count). The summed E-state index contributed by atoms with van der Waals surface area (Å²) in [7, 11) is -27.6. The second-order valence-corrected chi connectivity index (χ2v) is 23.5. The summed E-state index contributed by atoms with van der Waals surface area (Å²) in [5, 5.41) is 38.5. The standard InChI is InChI=1S/C37H44N12O18S6/c1-5-68(50,51)17-13-42-34-28(21-38)22(3)32(36(44-34)41-12-16-67-73(63,64)65)48-46-24-7-9-26(29(19-24)70(54,55)56)27-10-8-25(20-30(27)71(57,58)59)47-49-33-23(4)31(39)35(40-11-15-66-72(60,61)62)45-37(33)43-14-18-69(52,53)6-2/h5-10,19-20H,1-2,11-18,39H2,3-4H3,(H2,40,43,45)(H2,41,42,44)(H,54,55,56)(H,57,58,59)(H,60,61,62)(H,63,64,65)/b48-46+,49-47+. The van der Waals surface area contributed by atoms with Crippen LogP contribution in [0.15, 0.2) is 90.6 Å². The molecule has 73 heavy (non-hydrogen) atoms. The van der Waals surface area contributed by atoms with Gasteiger partial charge in [0.1, 0.15) is 33.1 Å². The normalized spacial score (nSPS) is 12.7. The zero-order valence-electron chi connectivity index (χ0n) is 37.9. The summed E-state index contributed by atoms with van der Waals surface area (Å²) in [6, 6.07) is 7.69. The summed E-state index contributed by atoms with van der Waals surface area (Å²) < 4.78 is 191. The van der Waals surface area contributed by atoms with Crippen LogP contribution in [0.5, 0.6) is 0 Å². The summed E-state index contributed by atoms with van der Waals surface area (Å²) in [5.41, 5.74) is 4.22. The molecular formula is C37H44N12O18S6. The third-order valence-electron chi connectivity index (χ3n) is 9.42. The van der Waals surface area contributed by atoms with Gasteiger partial charge in [-0.2, -0.15) is 49.2 Å². The summed E-state index contributed by atoms with van der Waals surface area (Å²) >= 11 is 0. The SMILES string of the molecule is C=CS(=O)(=O)CCNc1nc(NCCOS(=O)(=O)O)c(/N=N/c2ccc(-c3ccc(/N=N/c4c(NCCS(=O)(=O)C=C)nc(NCCOS(=O)(=O)O)c(N)c4C)cc3S(=O)(=O)O)c(S(=O)(=O)O)c2)c(C)c1C#N. The van der Waals surface area contributed by atoms with E-state index in [0.717, 1.165) is 47.2 Å². The highest BCUT2D eigenvalue weighted by Gasteiger charge is 2.26. The number of aromatic nitrogens is 2. The van der Waals surface area contributed by atoms with Crippen LogP contribution in [0, 0.1) is 25.2 Å². The van der Waals surface area contributed by atoms with Crippen molar-refractivity contribution in [2.75, 3.05) is 77.9 Å². The lowest BCUT2D eigenvalue weighted by atomic mass is 10.0. The summed E-state index contributed by atoms with van der Waals surface area (Å²) in [4.78, 5) is 6.61. The lowest BCUT2D eigenvalue weighted by Gasteiger charge is -2.16. The Balaban J connectivity index is 1.80. The fourth-order valence-corrected chi connectivity index (χ4v) is 9.09. The van der Waals surface area contributed by atoms with Gasteiger partial charge in [0.25, 0.3) is 20.2 Å². The number of sulfone groups is 2. The number of anilines is 5. The van der Waals surface area contributed by atoms with Crippen molar-refractivity contribution in [2.45, 2.75) is 23.6 Å². The molecule has 0 spiro atoms. The van der Waals surface area contributed by atoms with Gasteiger partial charge in [-0.25, -0.2) is 35.2 Å². The lowest BCUT2D eigenvalue weighted by Crippen LogP contribution is -2.17. The first-order chi connectivity index (χ1) is 33.8. The van der Waals surface area contributed by atoms with Gasteiger partial charge in [0.15, 0.2) is 37.1 Å². The van der Waals surface area contributed by atoms with E-state index in [4.69, 9.17) is 14.8 Å². The molecule has 396 valence electrons. The predicted octanol–water partition coefficient (Wildman–Crippen LogP) is 3.94. The minimum atomic E-state index is -5.28. The quantitative estimate of drug-likeness (QED) is 0.0232. The topological polar surface area (TPSA) is 477 Å². The second-order valence-electron chi connectivity index (χ2n) is 14.5. The lowest BCUT2D eigenvalue weighted by molar-refractivity contribution is 0.277. The summed E-state index contributed by atoms with van der Waals surface area (Å²) in [6.45, 7) is 6.91. The van der Waals surface area contributed by atoms with Crippen LogP contribution in [0.25, 0.3) is 11.1 Å². The van der Waals surface area contributed by atoms with E-state index in [0.29, 0.717) is 0 Å². The van der Waals surface area contributed by atoms with Gasteiger partial charge in [0.05, 0.1) is 47.3 Å². The molecule has 2 aromatic heterocycles. The van der Waals surface area contributed by atoms with Gasteiger partial charge in [0.2, 0.25) is 0 Å². The maximum absolute atomic E-state index is 12.9. The van der Waals surface area contributed by atoms with Gasteiger partial charge in [-0.15, -0.1) is 10.2 Å². The van der Waals surface area contributed by atoms with E-state index in [9.17, 15) is 64.9 Å². The fourth-order valence-electron chi connectivity index (χ4n) is 5.95. The van der Waals surface area contributed by atoms with E-state index in [1.165, 1.54) is 13.8 Å². The molecule has 2 heterocycles. The highest BCUT2D eigenvalue weighted by Crippen LogP contribution is 2.40. The highest BCUT2D eigenvalue weighted by atomic mass is 32.3. The van der Waals surface area contributed by atoms with Crippen LogP contribution < -0.4 is 27.0 Å². The smallest absolute Gasteiger partial charge is 0.395 e. The minimum Gasteiger partial charge on any atom is -0.395 e. The zero-order chi connectivity index (χ0) is 54.7.